The van der Waals surface area contributed by atoms with Crippen molar-refractivity contribution < 1.29 is 0 Å². The topological polar surface area (TPSA) is 37.8 Å². The molecule has 0 radical (unpaired) electrons. The molecular weight excluding hydrogens is 198 g/mol. The van der Waals surface area contributed by atoms with Gasteiger partial charge in [0.15, 0.2) is 0 Å². The maximum atomic E-state index is 4.59. The van der Waals surface area contributed by atoms with Gasteiger partial charge in [-0.1, -0.05) is 34.6 Å². The number of rotatable bonds is 5. The predicted molar refractivity (Wildman–Crippen MR) is 69.0 cm³/mol. The van der Waals surface area contributed by atoms with Crippen molar-refractivity contribution in [3.63, 3.8) is 0 Å². The Kier molecular flexibility index (Phi) is 4.71. The molecule has 0 bridgehead atoms. The number of nitrogens with zero attached hydrogens (tertiary/aromatic N) is 2. The molecule has 1 heterocycles. The normalized spacial score (nSPS) is 11.2. The lowest BCUT2D eigenvalue weighted by Gasteiger charge is -2.12. The number of aromatic nitrogens is 2. The standard InChI is InChI=1S/C13H23N3/c1-6-7-14-12-8-11(9(2)3)15-13(16-12)10(4)5/h8-10H,6-7H2,1-5H3,(H,14,15,16). The zero-order valence-corrected chi connectivity index (χ0v) is 11.0. The van der Waals surface area contributed by atoms with Crippen LogP contribution in [0.25, 0.3) is 0 Å². The maximum absolute atomic E-state index is 4.59. The van der Waals surface area contributed by atoms with Gasteiger partial charge in [-0.25, -0.2) is 9.97 Å². The number of nitrogens with one attached hydrogen (secondary N) is 1. The Bertz CT molecular complexity index is 306. The summed E-state index contributed by atoms with van der Waals surface area (Å²) in [5, 5.41) is 3.33. The van der Waals surface area contributed by atoms with E-state index >= 15 is 0 Å². The molecule has 0 spiro atoms. The third-order valence-corrected chi connectivity index (χ3v) is 2.43. The van der Waals surface area contributed by atoms with E-state index in [0.29, 0.717) is 11.8 Å². The Morgan fingerprint density at radius 1 is 1.12 bits per heavy atom. The van der Waals surface area contributed by atoms with Crippen molar-refractivity contribution in [1.82, 2.24) is 9.97 Å². The predicted octanol–water partition coefficient (Wildman–Crippen LogP) is 3.55. The van der Waals surface area contributed by atoms with Gasteiger partial charge in [0.1, 0.15) is 11.6 Å². The van der Waals surface area contributed by atoms with Crippen molar-refractivity contribution in [3.8, 4) is 0 Å². The first kappa shape index (κ1) is 12.9. The van der Waals surface area contributed by atoms with Gasteiger partial charge in [-0.05, 0) is 12.3 Å². The van der Waals surface area contributed by atoms with Crippen LogP contribution in [-0.2, 0) is 0 Å². The Morgan fingerprint density at radius 2 is 1.81 bits per heavy atom. The van der Waals surface area contributed by atoms with E-state index < -0.39 is 0 Å². The molecule has 0 aliphatic carbocycles. The third-order valence-electron chi connectivity index (χ3n) is 2.43. The van der Waals surface area contributed by atoms with E-state index in [9.17, 15) is 0 Å². The van der Waals surface area contributed by atoms with Gasteiger partial charge < -0.3 is 5.32 Å². The van der Waals surface area contributed by atoms with Crippen LogP contribution in [0.3, 0.4) is 0 Å². The Labute approximate surface area is 98.7 Å². The van der Waals surface area contributed by atoms with E-state index in [0.717, 1.165) is 30.3 Å². The Balaban J connectivity index is 2.99. The highest BCUT2D eigenvalue weighted by Crippen LogP contribution is 2.19. The second kappa shape index (κ2) is 5.83. The minimum atomic E-state index is 0.376. The van der Waals surface area contributed by atoms with Gasteiger partial charge in [0.25, 0.3) is 0 Å². The molecule has 0 aromatic carbocycles. The molecule has 3 heteroatoms. The van der Waals surface area contributed by atoms with Crippen LogP contribution in [0.15, 0.2) is 6.07 Å². The minimum Gasteiger partial charge on any atom is -0.370 e. The fourth-order valence-corrected chi connectivity index (χ4v) is 1.38. The summed E-state index contributed by atoms with van der Waals surface area (Å²) in [7, 11) is 0. The third kappa shape index (κ3) is 3.47. The monoisotopic (exact) mass is 221 g/mol. The van der Waals surface area contributed by atoms with Gasteiger partial charge in [-0.2, -0.15) is 0 Å². The molecule has 0 aliphatic heterocycles. The van der Waals surface area contributed by atoms with Crippen molar-refractivity contribution in [2.45, 2.75) is 52.9 Å². The summed E-state index contributed by atoms with van der Waals surface area (Å²) in [4.78, 5) is 9.12. The van der Waals surface area contributed by atoms with E-state index in [1.165, 1.54) is 0 Å². The summed E-state index contributed by atoms with van der Waals surface area (Å²) >= 11 is 0. The van der Waals surface area contributed by atoms with Crippen molar-refractivity contribution >= 4 is 5.82 Å². The summed E-state index contributed by atoms with van der Waals surface area (Å²) in [6.45, 7) is 11.7. The molecule has 3 nitrogen and oxygen atoms in total. The van der Waals surface area contributed by atoms with Crippen LogP contribution in [0, 0.1) is 0 Å². The van der Waals surface area contributed by atoms with E-state index in [-0.39, 0.29) is 0 Å². The summed E-state index contributed by atoms with van der Waals surface area (Å²) in [6, 6.07) is 2.06. The van der Waals surface area contributed by atoms with Crippen LogP contribution in [0.5, 0.6) is 0 Å². The first-order valence-electron chi connectivity index (χ1n) is 6.17. The minimum absolute atomic E-state index is 0.376. The molecule has 0 fully saturated rings. The highest BCUT2D eigenvalue weighted by Gasteiger charge is 2.09. The highest BCUT2D eigenvalue weighted by molar-refractivity contribution is 5.37. The van der Waals surface area contributed by atoms with Gasteiger partial charge in [0, 0.05) is 24.2 Å². The zero-order chi connectivity index (χ0) is 12.1. The molecule has 1 N–H and O–H groups in total. The van der Waals surface area contributed by atoms with Crippen LogP contribution < -0.4 is 5.32 Å². The second-order valence-electron chi connectivity index (χ2n) is 4.77. The molecule has 1 aromatic rings. The SMILES string of the molecule is CCCNc1cc(C(C)C)nc(C(C)C)n1. The molecule has 0 saturated heterocycles. The van der Waals surface area contributed by atoms with E-state index in [1.54, 1.807) is 0 Å². The first-order valence-corrected chi connectivity index (χ1v) is 6.17. The lowest BCUT2D eigenvalue weighted by atomic mass is 10.1. The van der Waals surface area contributed by atoms with E-state index in [1.807, 2.05) is 0 Å². The van der Waals surface area contributed by atoms with E-state index in [4.69, 9.17) is 0 Å². The summed E-state index contributed by atoms with van der Waals surface area (Å²) in [5.41, 5.74) is 1.12. The number of hydrogen-bond acceptors (Lipinski definition) is 3. The molecule has 0 atom stereocenters. The molecule has 16 heavy (non-hydrogen) atoms. The van der Waals surface area contributed by atoms with Gasteiger partial charge in [-0.3, -0.25) is 0 Å². The van der Waals surface area contributed by atoms with Crippen LogP contribution in [0.1, 0.15) is 64.4 Å². The highest BCUT2D eigenvalue weighted by atomic mass is 15.0. The molecule has 0 unspecified atom stereocenters. The summed E-state index contributed by atoms with van der Waals surface area (Å²) in [6.07, 6.45) is 1.11. The largest absolute Gasteiger partial charge is 0.370 e. The Morgan fingerprint density at radius 3 is 2.31 bits per heavy atom. The van der Waals surface area contributed by atoms with Gasteiger partial charge >= 0.3 is 0 Å². The average Bonchev–Trinajstić information content (AvgIpc) is 2.25. The number of anilines is 1. The van der Waals surface area contributed by atoms with Gasteiger partial charge in [-0.15, -0.1) is 0 Å². The van der Waals surface area contributed by atoms with Crippen LogP contribution >= 0.6 is 0 Å². The lowest BCUT2D eigenvalue weighted by Crippen LogP contribution is -2.08. The lowest BCUT2D eigenvalue weighted by molar-refractivity contribution is 0.729. The summed E-state index contributed by atoms with van der Waals surface area (Å²) in [5.74, 6) is 2.72. The Hall–Kier alpha value is -1.12. The molecule has 1 rings (SSSR count). The van der Waals surface area contributed by atoms with Crippen molar-refractivity contribution in [2.75, 3.05) is 11.9 Å². The maximum Gasteiger partial charge on any atom is 0.133 e. The van der Waals surface area contributed by atoms with Crippen LogP contribution in [0.2, 0.25) is 0 Å². The van der Waals surface area contributed by atoms with Gasteiger partial charge in [0.2, 0.25) is 0 Å². The molecule has 0 aliphatic rings. The smallest absolute Gasteiger partial charge is 0.133 e. The van der Waals surface area contributed by atoms with Crippen molar-refractivity contribution in [2.24, 2.45) is 0 Å². The van der Waals surface area contributed by atoms with E-state index in [2.05, 4.69) is 56.0 Å². The molecule has 1 aromatic heterocycles. The zero-order valence-electron chi connectivity index (χ0n) is 11.0. The van der Waals surface area contributed by atoms with Crippen molar-refractivity contribution in [1.29, 1.82) is 0 Å². The number of hydrogen-bond donors (Lipinski definition) is 1. The van der Waals surface area contributed by atoms with Gasteiger partial charge in [0.05, 0.1) is 0 Å². The molecule has 0 amide bonds. The fourth-order valence-electron chi connectivity index (χ4n) is 1.38. The quantitative estimate of drug-likeness (QED) is 0.826. The molecule has 90 valence electrons. The average molecular weight is 221 g/mol. The second-order valence-corrected chi connectivity index (χ2v) is 4.77. The van der Waals surface area contributed by atoms with Crippen molar-refractivity contribution in [3.05, 3.63) is 17.6 Å². The van der Waals surface area contributed by atoms with Crippen LogP contribution in [0.4, 0.5) is 5.82 Å². The fraction of sp³-hybridized carbons (Fsp3) is 0.692. The first-order chi connectivity index (χ1) is 7.54. The molecular formula is C13H23N3. The summed E-state index contributed by atoms with van der Waals surface area (Å²) < 4.78 is 0. The van der Waals surface area contributed by atoms with Crippen LogP contribution in [-0.4, -0.2) is 16.5 Å². The molecule has 0 saturated carbocycles.